The van der Waals surface area contributed by atoms with Gasteiger partial charge in [-0.3, -0.25) is 0 Å². The van der Waals surface area contributed by atoms with Crippen molar-refractivity contribution in [2.75, 3.05) is 18.8 Å². The summed E-state index contributed by atoms with van der Waals surface area (Å²) in [5.41, 5.74) is 2.27. The van der Waals surface area contributed by atoms with Crippen LogP contribution in [0.15, 0.2) is 40.5 Å². The minimum Gasteiger partial charge on any atom is -0.350 e. The van der Waals surface area contributed by atoms with Gasteiger partial charge in [0.25, 0.3) is 0 Å². The Balaban J connectivity index is 1.78. The van der Waals surface area contributed by atoms with Crippen LogP contribution in [0.1, 0.15) is 18.4 Å². The first kappa shape index (κ1) is 10.8. The van der Waals surface area contributed by atoms with Gasteiger partial charge >= 0.3 is 0 Å². The van der Waals surface area contributed by atoms with E-state index in [0.29, 0.717) is 0 Å². The number of hydrogen-bond acceptors (Lipinski definition) is 4. The third-order valence-corrected chi connectivity index (χ3v) is 4.09. The van der Waals surface area contributed by atoms with E-state index in [1.807, 2.05) is 30.0 Å². The van der Waals surface area contributed by atoms with Crippen molar-refractivity contribution in [3.8, 4) is 0 Å². The highest BCUT2D eigenvalue weighted by molar-refractivity contribution is 8.14. The van der Waals surface area contributed by atoms with Crippen LogP contribution in [-0.2, 0) is 0 Å². The van der Waals surface area contributed by atoms with Crippen LogP contribution in [-0.4, -0.2) is 34.6 Å². The van der Waals surface area contributed by atoms with Gasteiger partial charge in [0.15, 0.2) is 5.17 Å². The Morgan fingerprint density at radius 2 is 1.76 bits per heavy atom. The van der Waals surface area contributed by atoms with Gasteiger partial charge < -0.3 is 4.90 Å². The normalized spacial score (nSPS) is 20.1. The van der Waals surface area contributed by atoms with Gasteiger partial charge in [0.05, 0.1) is 5.71 Å². The van der Waals surface area contributed by atoms with E-state index < -0.39 is 0 Å². The molecule has 0 radical (unpaired) electrons. The van der Waals surface area contributed by atoms with Gasteiger partial charge in [-0.25, -0.2) is 0 Å². The zero-order chi connectivity index (χ0) is 11.5. The van der Waals surface area contributed by atoms with Crippen LogP contribution in [0.5, 0.6) is 0 Å². The Kier molecular flexibility index (Phi) is 3.14. The lowest BCUT2D eigenvalue weighted by Gasteiger charge is -2.20. The van der Waals surface area contributed by atoms with Crippen molar-refractivity contribution < 1.29 is 0 Å². The molecule has 1 aromatic carbocycles. The molecule has 0 aliphatic carbocycles. The Labute approximate surface area is 106 Å². The number of benzene rings is 1. The quantitative estimate of drug-likeness (QED) is 0.760. The molecule has 1 saturated heterocycles. The van der Waals surface area contributed by atoms with Crippen LogP contribution in [0.3, 0.4) is 0 Å². The Morgan fingerprint density at radius 3 is 2.41 bits per heavy atom. The van der Waals surface area contributed by atoms with Crippen molar-refractivity contribution in [1.29, 1.82) is 0 Å². The minimum atomic E-state index is 0.930. The molecule has 0 atom stereocenters. The fourth-order valence-electron chi connectivity index (χ4n) is 2.13. The van der Waals surface area contributed by atoms with Gasteiger partial charge in [0, 0.05) is 18.8 Å². The average Bonchev–Trinajstić information content (AvgIpc) is 2.94. The lowest BCUT2D eigenvalue weighted by atomic mass is 10.1. The fourth-order valence-corrected chi connectivity index (χ4v) is 3.08. The van der Waals surface area contributed by atoms with Crippen LogP contribution >= 0.6 is 11.8 Å². The third-order valence-electron chi connectivity index (χ3n) is 3.08. The maximum atomic E-state index is 4.37. The zero-order valence-electron chi connectivity index (χ0n) is 9.67. The van der Waals surface area contributed by atoms with Gasteiger partial charge in [-0.2, -0.15) is 5.10 Å². The molecule has 17 heavy (non-hydrogen) atoms. The highest BCUT2D eigenvalue weighted by Crippen LogP contribution is 2.21. The number of hydrogen-bond donors (Lipinski definition) is 0. The summed E-state index contributed by atoms with van der Waals surface area (Å²) in [5.74, 6) is 0.930. The van der Waals surface area contributed by atoms with E-state index in [0.717, 1.165) is 29.7 Å². The van der Waals surface area contributed by atoms with E-state index in [1.54, 1.807) is 0 Å². The first-order valence-electron chi connectivity index (χ1n) is 6.01. The summed E-state index contributed by atoms with van der Waals surface area (Å²) < 4.78 is 0. The number of amidine groups is 1. The maximum Gasteiger partial charge on any atom is 0.186 e. The van der Waals surface area contributed by atoms with Crippen molar-refractivity contribution in [1.82, 2.24) is 4.90 Å². The molecular formula is C13H15N3S. The molecule has 4 heteroatoms. The first-order valence-corrected chi connectivity index (χ1v) is 7.00. The smallest absolute Gasteiger partial charge is 0.186 e. The van der Waals surface area contributed by atoms with Crippen LogP contribution < -0.4 is 0 Å². The summed E-state index contributed by atoms with van der Waals surface area (Å²) in [4.78, 5) is 2.34. The number of thioether (sulfide) groups is 1. The van der Waals surface area contributed by atoms with Gasteiger partial charge in [0.2, 0.25) is 0 Å². The summed E-state index contributed by atoms with van der Waals surface area (Å²) in [6.45, 7) is 2.28. The number of likely N-dealkylation sites (tertiary alicyclic amines) is 1. The fraction of sp³-hybridized carbons (Fsp3) is 0.385. The van der Waals surface area contributed by atoms with Crippen molar-refractivity contribution in [3.63, 3.8) is 0 Å². The molecule has 1 aromatic rings. The number of nitrogens with zero attached hydrogens (tertiary/aromatic N) is 3. The van der Waals surface area contributed by atoms with Crippen molar-refractivity contribution in [2.24, 2.45) is 10.2 Å². The minimum absolute atomic E-state index is 0.930. The van der Waals surface area contributed by atoms with Gasteiger partial charge in [-0.1, -0.05) is 42.1 Å². The molecule has 3 nitrogen and oxygen atoms in total. The maximum absolute atomic E-state index is 4.37. The second-order valence-electron chi connectivity index (χ2n) is 4.28. The molecule has 2 aliphatic heterocycles. The predicted molar refractivity (Wildman–Crippen MR) is 73.7 cm³/mol. The van der Waals surface area contributed by atoms with E-state index >= 15 is 0 Å². The van der Waals surface area contributed by atoms with E-state index in [-0.39, 0.29) is 0 Å². The van der Waals surface area contributed by atoms with Crippen molar-refractivity contribution in [2.45, 2.75) is 12.8 Å². The lowest BCUT2D eigenvalue weighted by molar-refractivity contribution is 0.528. The molecule has 0 bridgehead atoms. The predicted octanol–water partition coefficient (Wildman–Crippen LogP) is 2.59. The molecule has 0 amide bonds. The highest BCUT2D eigenvalue weighted by atomic mass is 32.2. The van der Waals surface area contributed by atoms with Crippen LogP contribution in [0, 0.1) is 0 Å². The second kappa shape index (κ2) is 4.92. The zero-order valence-corrected chi connectivity index (χ0v) is 10.5. The molecule has 2 heterocycles. The SMILES string of the molecule is c1ccc(C2=NN=C(N3CCCC3)SC2)cc1. The van der Waals surface area contributed by atoms with Crippen molar-refractivity contribution in [3.05, 3.63) is 35.9 Å². The molecule has 88 valence electrons. The molecule has 1 fully saturated rings. The van der Waals surface area contributed by atoms with E-state index in [4.69, 9.17) is 0 Å². The third kappa shape index (κ3) is 2.36. The summed E-state index contributed by atoms with van der Waals surface area (Å²) in [7, 11) is 0. The molecule has 0 saturated carbocycles. The highest BCUT2D eigenvalue weighted by Gasteiger charge is 2.20. The topological polar surface area (TPSA) is 28.0 Å². The second-order valence-corrected chi connectivity index (χ2v) is 5.22. The molecule has 0 unspecified atom stereocenters. The van der Waals surface area contributed by atoms with Crippen molar-refractivity contribution >= 4 is 22.6 Å². The molecule has 0 spiro atoms. The van der Waals surface area contributed by atoms with E-state index in [9.17, 15) is 0 Å². The molecular weight excluding hydrogens is 230 g/mol. The largest absolute Gasteiger partial charge is 0.350 e. The summed E-state index contributed by atoms with van der Waals surface area (Å²) in [6.07, 6.45) is 2.57. The molecule has 0 N–H and O–H groups in total. The monoisotopic (exact) mass is 245 g/mol. The molecule has 2 aliphatic rings. The number of rotatable bonds is 1. The summed E-state index contributed by atoms with van der Waals surface area (Å²) >= 11 is 1.81. The summed E-state index contributed by atoms with van der Waals surface area (Å²) in [6, 6.07) is 10.3. The van der Waals surface area contributed by atoms with Crippen LogP contribution in [0.2, 0.25) is 0 Å². The average molecular weight is 245 g/mol. The summed E-state index contributed by atoms with van der Waals surface area (Å²) in [5, 5.41) is 9.83. The van der Waals surface area contributed by atoms with E-state index in [2.05, 4.69) is 27.2 Å². The van der Waals surface area contributed by atoms with Crippen LogP contribution in [0.4, 0.5) is 0 Å². The first-order chi connectivity index (χ1) is 8.43. The Morgan fingerprint density at radius 1 is 1.00 bits per heavy atom. The Bertz CT molecular complexity index is 447. The van der Waals surface area contributed by atoms with E-state index in [1.165, 1.54) is 18.4 Å². The van der Waals surface area contributed by atoms with Crippen LogP contribution in [0.25, 0.3) is 0 Å². The van der Waals surface area contributed by atoms with Gasteiger partial charge in [0.1, 0.15) is 0 Å². The van der Waals surface area contributed by atoms with Gasteiger partial charge in [-0.15, -0.1) is 5.10 Å². The standard InChI is InChI=1S/C13H15N3S/c1-2-6-11(7-3-1)12-10-17-13(15-14-12)16-8-4-5-9-16/h1-3,6-7H,4-5,8-10H2. The lowest BCUT2D eigenvalue weighted by Crippen LogP contribution is -2.27. The Hall–Kier alpha value is -1.29. The van der Waals surface area contributed by atoms with Gasteiger partial charge in [-0.05, 0) is 18.4 Å². The molecule has 0 aromatic heterocycles. The molecule has 3 rings (SSSR count).